The third-order valence-corrected chi connectivity index (χ3v) is 4.43. The van der Waals surface area contributed by atoms with Crippen molar-refractivity contribution in [1.29, 1.82) is 0 Å². The van der Waals surface area contributed by atoms with E-state index in [1.54, 1.807) is 18.5 Å². The fraction of sp³-hybridized carbons (Fsp3) is 0.312. The van der Waals surface area contributed by atoms with Crippen molar-refractivity contribution in [3.8, 4) is 0 Å². The number of hydrogen-bond donors (Lipinski definition) is 1. The zero-order chi connectivity index (χ0) is 19.1. The Morgan fingerprint density at radius 3 is 2.54 bits per heavy atom. The van der Waals surface area contributed by atoms with Crippen LogP contribution in [0.3, 0.4) is 0 Å². The molecule has 0 bridgehead atoms. The molecule has 2 aromatic heterocycles. The predicted molar refractivity (Wildman–Crippen MR) is 92.3 cm³/mol. The molecule has 0 aliphatic carbocycles. The maximum Gasteiger partial charge on any atom is 0.433 e. The number of nitrogens with zero attached hydrogens (tertiary/aromatic N) is 4. The number of fused-ring (bicyclic) bond motifs is 1. The summed E-state index contributed by atoms with van der Waals surface area (Å²) >= 11 is 3.15. The quantitative estimate of drug-likeness (QED) is 0.627. The van der Waals surface area contributed by atoms with Gasteiger partial charge in [-0.15, -0.1) is 10.2 Å². The molecule has 0 aliphatic rings. The highest BCUT2D eigenvalue weighted by Gasteiger charge is 2.33. The summed E-state index contributed by atoms with van der Waals surface area (Å²) in [5.74, 6) is 0.601. The first kappa shape index (κ1) is 18.6. The van der Waals surface area contributed by atoms with E-state index in [-0.39, 0.29) is 16.6 Å². The molecule has 5 nitrogen and oxygen atoms in total. The van der Waals surface area contributed by atoms with Gasteiger partial charge in [0.1, 0.15) is 22.9 Å². The fourth-order valence-corrected chi connectivity index (χ4v) is 2.95. The monoisotopic (exact) mass is 431 g/mol. The number of nitrogens with one attached hydrogen (secondary N) is 1. The fourth-order valence-electron chi connectivity index (χ4n) is 2.52. The first-order chi connectivity index (χ1) is 12.2. The van der Waals surface area contributed by atoms with Gasteiger partial charge in [-0.3, -0.25) is 0 Å². The summed E-state index contributed by atoms with van der Waals surface area (Å²) < 4.78 is 55.7. The summed E-state index contributed by atoms with van der Waals surface area (Å²) in [6.07, 6.45) is -4.23. The molecule has 0 saturated carbocycles. The number of benzene rings is 1. The zero-order valence-electron chi connectivity index (χ0n) is 13.8. The largest absolute Gasteiger partial charge is 0.433 e. The molecule has 10 heteroatoms. The Morgan fingerprint density at radius 1 is 1.19 bits per heavy atom. The molecule has 0 fully saturated rings. The number of pyridine rings is 1. The van der Waals surface area contributed by atoms with Gasteiger partial charge in [-0.1, -0.05) is 15.9 Å². The van der Waals surface area contributed by atoms with Gasteiger partial charge >= 0.3 is 6.18 Å². The number of hydrogen-bond acceptors (Lipinski definition) is 4. The lowest BCUT2D eigenvalue weighted by atomic mass is 10.1. The zero-order valence-corrected chi connectivity index (χ0v) is 15.4. The second kappa shape index (κ2) is 6.82. The molecule has 26 heavy (non-hydrogen) atoms. The number of aromatic nitrogens is 4. The van der Waals surface area contributed by atoms with Crippen molar-refractivity contribution < 1.29 is 17.6 Å². The normalized spacial score (nSPS) is 12.0. The Morgan fingerprint density at radius 2 is 1.92 bits per heavy atom. The van der Waals surface area contributed by atoms with Crippen LogP contribution in [0.15, 0.2) is 22.7 Å². The summed E-state index contributed by atoms with van der Waals surface area (Å²) in [6, 6.07) is 3.50. The minimum Gasteiger partial charge on any atom is -0.384 e. The lowest BCUT2D eigenvalue weighted by Gasteiger charge is -2.14. The van der Waals surface area contributed by atoms with Gasteiger partial charge in [0.15, 0.2) is 5.82 Å². The molecule has 1 N–H and O–H groups in total. The van der Waals surface area contributed by atoms with Crippen molar-refractivity contribution >= 4 is 32.5 Å². The predicted octanol–water partition coefficient (Wildman–Crippen LogP) is 4.25. The molecule has 1 aromatic carbocycles. The standard InChI is InChI=1S/C16H14BrF4N5/c1-8-24-25-14(26(8)2)3-4-22-12-7-13(16(19,20)21)23-15-10(12)5-9(17)6-11(15)18/h5-7H,3-4H2,1-2H3,(H,22,23). The Labute approximate surface area is 154 Å². The van der Waals surface area contributed by atoms with Crippen molar-refractivity contribution in [1.82, 2.24) is 19.7 Å². The first-order valence-corrected chi connectivity index (χ1v) is 8.42. The van der Waals surface area contributed by atoms with Crippen LogP contribution in [0.5, 0.6) is 0 Å². The van der Waals surface area contributed by atoms with E-state index in [1.165, 1.54) is 6.07 Å². The van der Waals surface area contributed by atoms with Gasteiger partial charge in [0.25, 0.3) is 0 Å². The lowest BCUT2D eigenvalue weighted by Crippen LogP contribution is -2.13. The van der Waals surface area contributed by atoms with Crippen LogP contribution in [-0.2, 0) is 19.6 Å². The molecule has 0 saturated heterocycles. The van der Waals surface area contributed by atoms with E-state index in [2.05, 4.69) is 36.4 Å². The Hall–Kier alpha value is -2.23. The highest BCUT2D eigenvalue weighted by atomic mass is 79.9. The van der Waals surface area contributed by atoms with Crippen molar-refractivity contribution in [3.05, 3.63) is 45.8 Å². The van der Waals surface area contributed by atoms with Gasteiger partial charge in [-0.2, -0.15) is 13.2 Å². The van der Waals surface area contributed by atoms with Gasteiger partial charge in [0.05, 0.1) is 0 Å². The van der Waals surface area contributed by atoms with Crippen LogP contribution < -0.4 is 5.32 Å². The average Bonchev–Trinajstić information content (AvgIpc) is 2.86. The SMILES string of the molecule is Cc1nnc(CCNc2cc(C(F)(F)F)nc3c(F)cc(Br)cc23)n1C. The molecule has 3 aromatic rings. The molecule has 2 heterocycles. The number of rotatable bonds is 4. The number of halogens is 5. The summed E-state index contributed by atoms with van der Waals surface area (Å²) in [5, 5.41) is 11.1. The second-order valence-corrected chi connectivity index (χ2v) is 6.65. The Kier molecular flexibility index (Phi) is 4.87. The van der Waals surface area contributed by atoms with E-state index in [0.717, 1.165) is 18.0 Å². The number of aryl methyl sites for hydroxylation is 1. The minimum absolute atomic E-state index is 0.154. The van der Waals surface area contributed by atoms with E-state index in [9.17, 15) is 17.6 Å². The van der Waals surface area contributed by atoms with Crippen LogP contribution >= 0.6 is 15.9 Å². The van der Waals surface area contributed by atoms with Crippen molar-refractivity contribution in [2.45, 2.75) is 19.5 Å². The Balaban J connectivity index is 1.96. The van der Waals surface area contributed by atoms with Crippen LogP contribution in [-0.4, -0.2) is 26.3 Å². The molecule has 0 atom stereocenters. The number of anilines is 1. The topological polar surface area (TPSA) is 55.6 Å². The average molecular weight is 432 g/mol. The molecular formula is C16H14BrF4N5. The summed E-state index contributed by atoms with van der Waals surface area (Å²) in [6.45, 7) is 2.10. The van der Waals surface area contributed by atoms with Crippen molar-refractivity contribution in [3.63, 3.8) is 0 Å². The third kappa shape index (κ3) is 3.64. The van der Waals surface area contributed by atoms with E-state index in [0.29, 0.717) is 23.3 Å². The Bertz CT molecular complexity index is 967. The van der Waals surface area contributed by atoms with Crippen LogP contribution in [0.4, 0.5) is 23.2 Å². The highest BCUT2D eigenvalue weighted by Crippen LogP contribution is 2.35. The summed E-state index contributed by atoms with van der Waals surface area (Å²) in [5.41, 5.74) is -1.33. The maximum absolute atomic E-state index is 14.1. The van der Waals surface area contributed by atoms with Gasteiger partial charge in [-0.25, -0.2) is 9.37 Å². The van der Waals surface area contributed by atoms with Gasteiger partial charge in [0.2, 0.25) is 0 Å². The molecular weight excluding hydrogens is 418 g/mol. The minimum atomic E-state index is -4.68. The molecule has 0 aliphatic heterocycles. The molecule has 0 spiro atoms. The van der Waals surface area contributed by atoms with E-state index >= 15 is 0 Å². The molecule has 0 amide bonds. The van der Waals surface area contributed by atoms with Crippen LogP contribution in [0.1, 0.15) is 17.3 Å². The molecule has 3 rings (SSSR count). The highest BCUT2D eigenvalue weighted by molar-refractivity contribution is 9.10. The second-order valence-electron chi connectivity index (χ2n) is 5.74. The third-order valence-electron chi connectivity index (χ3n) is 3.97. The van der Waals surface area contributed by atoms with Gasteiger partial charge in [0, 0.05) is 35.6 Å². The molecule has 0 unspecified atom stereocenters. The summed E-state index contributed by atoms with van der Waals surface area (Å²) in [4.78, 5) is 3.44. The van der Waals surface area contributed by atoms with E-state index in [4.69, 9.17) is 0 Å². The van der Waals surface area contributed by atoms with Gasteiger partial charge in [-0.05, 0) is 25.1 Å². The molecule has 138 valence electrons. The summed E-state index contributed by atoms with van der Waals surface area (Å²) in [7, 11) is 1.81. The smallest absolute Gasteiger partial charge is 0.384 e. The van der Waals surface area contributed by atoms with Crippen molar-refractivity contribution in [2.24, 2.45) is 7.05 Å². The van der Waals surface area contributed by atoms with Crippen molar-refractivity contribution in [2.75, 3.05) is 11.9 Å². The van der Waals surface area contributed by atoms with Crippen LogP contribution in [0.25, 0.3) is 10.9 Å². The van der Waals surface area contributed by atoms with E-state index < -0.39 is 17.7 Å². The van der Waals surface area contributed by atoms with Crippen LogP contribution in [0, 0.1) is 12.7 Å². The van der Waals surface area contributed by atoms with Crippen LogP contribution in [0.2, 0.25) is 0 Å². The van der Waals surface area contributed by atoms with E-state index in [1.807, 2.05) is 0 Å². The maximum atomic E-state index is 14.1. The first-order valence-electron chi connectivity index (χ1n) is 7.62. The molecule has 0 radical (unpaired) electrons. The lowest BCUT2D eigenvalue weighted by molar-refractivity contribution is -0.140. The van der Waals surface area contributed by atoms with Gasteiger partial charge < -0.3 is 9.88 Å². The number of alkyl halides is 3.